The Morgan fingerprint density at radius 3 is 2.15 bits per heavy atom. The molecule has 0 N–H and O–H groups in total. The largest absolute Gasteiger partial charge is 0.485 e. The molecule has 1 aliphatic heterocycles. The first-order valence-corrected chi connectivity index (χ1v) is 21.7. The number of hydrogen-bond donors (Lipinski definition) is 0. The maximum atomic E-state index is 9.68. The predicted octanol–water partition coefficient (Wildman–Crippen LogP) is 13.1. The molecule has 0 saturated carbocycles. The molecule has 11 rings (SSSR count). The molecule has 4 heteroatoms. The van der Waals surface area contributed by atoms with E-state index in [1.54, 1.807) is 0 Å². The van der Waals surface area contributed by atoms with Crippen LogP contribution in [0.4, 0.5) is 0 Å². The van der Waals surface area contributed by atoms with Gasteiger partial charge in [-0.3, -0.25) is 0 Å². The third-order valence-electron chi connectivity index (χ3n) is 14.2. The lowest BCUT2D eigenvalue weighted by atomic mass is 9.56. The van der Waals surface area contributed by atoms with Gasteiger partial charge in [-0.25, -0.2) is 9.97 Å². The van der Waals surface area contributed by atoms with Crippen molar-refractivity contribution in [2.24, 2.45) is 23.2 Å². The second kappa shape index (κ2) is 14.1. The van der Waals surface area contributed by atoms with Gasteiger partial charge in [-0.15, -0.1) is 0 Å². The van der Waals surface area contributed by atoms with Crippen molar-refractivity contribution in [2.75, 3.05) is 0 Å². The minimum atomic E-state index is -0.334. The summed E-state index contributed by atoms with van der Waals surface area (Å²) in [6.07, 6.45) is 24.8. The molecule has 7 unspecified atom stereocenters. The number of fused-ring (bicyclic) bond motifs is 7. The van der Waals surface area contributed by atoms with Crippen LogP contribution in [0.2, 0.25) is 0 Å². The van der Waals surface area contributed by atoms with Crippen LogP contribution < -0.4 is 4.74 Å². The summed E-state index contributed by atoms with van der Waals surface area (Å²) in [7, 11) is 0. The molecule has 296 valence electrons. The molecule has 1 aromatic heterocycles. The van der Waals surface area contributed by atoms with E-state index in [4.69, 9.17) is 14.7 Å². The first kappa shape index (κ1) is 37.2. The van der Waals surface area contributed by atoms with Gasteiger partial charge in [-0.1, -0.05) is 166 Å². The lowest BCUT2D eigenvalue weighted by Gasteiger charge is -2.47. The highest BCUT2D eigenvalue weighted by Gasteiger charge is 2.47. The van der Waals surface area contributed by atoms with Crippen LogP contribution in [0.15, 0.2) is 192 Å². The van der Waals surface area contributed by atoms with Crippen molar-refractivity contribution in [3.63, 3.8) is 0 Å². The summed E-state index contributed by atoms with van der Waals surface area (Å²) in [5.74, 6) is 2.64. The highest BCUT2D eigenvalue weighted by molar-refractivity contribution is 5.91. The average Bonchev–Trinajstić information content (AvgIpc) is 3.59. The van der Waals surface area contributed by atoms with Crippen molar-refractivity contribution < 1.29 is 4.74 Å². The monoisotopic (exact) mass is 789 g/mol. The van der Waals surface area contributed by atoms with Crippen molar-refractivity contribution in [3.05, 3.63) is 220 Å². The standard InChI is InChI=1S/C57H47N3O/c1-35-19-23-45-46(55-59-51(38-13-7-5-8-14-38)31-52(60-55)39-15-9-6-10-16-39)30-49-44-18-12-11-17-43(44)47(33-56(49,3)48(45)27-35)40-21-24-42(36(2)28-40)41-22-26-54-57(4,32-41)50-29-37(34-58)20-25-53(50)61-54/h5-26,28-33,35-36,42,49,54H,27H2,1-4H3. The number of rotatable bonds is 5. The molecule has 0 amide bonds. The molecule has 7 atom stereocenters. The lowest BCUT2D eigenvalue weighted by Crippen LogP contribution is -2.35. The van der Waals surface area contributed by atoms with Crippen molar-refractivity contribution in [1.29, 1.82) is 5.26 Å². The summed E-state index contributed by atoms with van der Waals surface area (Å²) in [5.41, 5.74) is 15.5. The summed E-state index contributed by atoms with van der Waals surface area (Å²) < 4.78 is 6.38. The van der Waals surface area contributed by atoms with Gasteiger partial charge in [0.2, 0.25) is 0 Å². The van der Waals surface area contributed by atoms with Gasteiger partial charge in [-0.05, 0) is 88.9 Å². The van der Waals surface area contributed by atoms with Gasteiger partial charge in [0, 0.05) is 39.5 Å². The van der Waals surface area contributed by atoms with E-state index in [2.05, 4.69) is 186 Å². The number of aromatic nitrogens is 2. The molecule has 5 aliphatic carbocycles. The summed E-state index contributed by atoms with van der Waals surface area (Å²) in [4.78, 5) is 10.7. The summed E-state index contributed by atoms with van der Waals surface area (Å²) in [6.45, 7) is 9.39. The average molecular weight is 790 g/mol. The molecule has 4 aromatic carbocycles. The zero-order chi connectivity index (χ0) is 41.5. The Hall–Kier alpha value is -6.83. The van der Waals surface area contributed by atoms with E-state index in [0.717, 1.165) is 51.6 Å². The third kappa shape index (κ3) is 6.01. The van der Waals surface area contributed by atoms with Crippen LogP contribution in [-0.4, -0.2) is 16.1 Å². The van der Waals surface area contributed by atoms with Crippen LogP contribution in [0.3, 0.4) is 0 Å². The third-order valence-corrected chi connectivity index (χ3v) is 14.2. The lowest BCUT2D eigenvalue weighted by molar-refractivity contribution is 0.226. The Morgan fingerprint density at radius 1 is 0.705 bits per heavy atom. The summed E-state index contributed by atoms with van der Waals surface area (Å²) >= 11 is 0. The van der Waals surface area contributed by atoms with E-state index in [1.807, 2.05) is 18.2 Å². The SMILES string of the molecule is CC1C=CC2=C(C1)C1(C)C=C(C3=CC(C)C(C4=CC5(C)c6cc(C#N)ccc6OC5C=C4)C=C3)c3ccccc3C1C=C2c1nc(-c2ccccc2)cc(-c2ccccc2)n1. The van der Waals surface area contributed by atoms with Gasteiger partial charge in [0.05, 0.1) is 28.4 Å². The minimum Gasteiger partial charge on any atom is -0.485 e. The van der Waals surface area contributed by atoms with Gasteiger partial charge in [-0.2, -0.15) is 5.26 Å². The Balaban J connectivity index is 0.998. The molecule has 0 spiro atoms. The van der Waals surface area contributed by atoms with Crippen molar-refractivity contribution in [2.45, 2.75) is 51.6 Å². The maximum Gasteiger partial charge on any atom is 0.160 e. The van der Waals surface area contributed by atoms with Gasteiger partial charge >= 0.3 is 0 Å². The number of nitriles is 1. The normalized spacial score (nSPS) is 27.8. The van der Waals surface area contributed by atoms with Crippen molar-refractivity contribution in [1.82, 2.24) is 9.97 Å². The van der Waals surface area contributed by atoms with E-state index in [9.17, 15) is 5.26 Å². The second-order valence-corrected chi connectivity index (χ2v) is 18.1. The summed E-state index contributed by atoms with van der Waals surface area (Å²) in [5, 5.41) is 9.68. The van der Waals surface area contributed by atoms with Crippen LogP contribution in [0.25, 0.3) is 33.7 Å². The Labute approximate surface area is 359 Å². The molecule has 61 heavy (non-hydrogen) atoms. The molecule has 5 aromatic rings. The second-order valence-electron chi connectivity index (χ2n) is 18.1. The topological polar surface area (TPSA) is 58.8 Å². The minimum absolute atomic E-state index is 0.0846. The van der Waals surface area contributed by atoms with E-state index in [1.165, 1.54) is 39.0 Å². The van der Waals surface area contributed by atoms with Crippen molar-refractivity contribution in [3.8, 4) is 34.3 Å². The van der Waals surface area contributed by atoms with Crippen LogP contribution >= 0.6 is 0 Å². The van der Waals surface area contributed by atoms with Crippen LogP contribution in [0.5, 0.6) is 5.75 Å². The number of nitrogens with zero attached hydrogens (tertiary/aromatic N) is 3. The molecule has 4 nitrogen and oxygen atoms in total. The van der Waals surface area contributed by atoms with E-state index >= 15 is 0 Å². The molecule has 6 aliphatic rings. The fourth-order valence-electron chi connectivity index (χ4n) is 10.9. The first-order valence-electron chi connectivity index (χ1n) is 21.7. The van der Waals surface area contributed by atoms with Gasteiger partial charge < -0.3 is 4.74 Å². The fraction of sp³-hybridized carbons (Fsp3) is 0.211. The zero-order valence-corrected chi connectivity index (χ0v) is 35.0. The van der Waals surface area contributed by atoms with E-state index in [-0.39, 0.29) is 34.7 Å². The Bertz CT molecular complexity index is 2890. The van der Waals surface area contributed by atoms with Gasteiger partial charge in [0.1, 0.15) is 11.9 Å². The first-order chi connectivity index (χ1) is 29.7. The Kier molecular flexibility index (Phi) is 8.62. The maximum absolute atomic E-state index is 9.68. The van der Waals surface area contributed by atoms with E-state index < -0.39 is 0 Å². The molecular weight excluding hydrogens is 743 g/mol. The van der Waals surface area contributed by atoms with Gasteiger partial charge in [0.15, 0.2) is 5.82 Å². The highest BCUT2D eigenvalue weighted by atomic mass is 16.5. The smallest absolute Gasteiger partial charge is 0.160 e. The number of benzene rings is 4. The predicted molar refractivity (Wildman–Crippen MR) is 246 cm³/mol. The number of allylic oxidation sites excluding steroid dienone is 14. The summed E-state index contributed by atoms with van der Waals surface area (Å²) in [6, 6.07) is 40.2. The van der Waals surface area contributed by atoms with E-state index in [0.29, 0.717) is 11.5 Å². The van der Waals surface area contributed by atoms with Crippen LogP contribution in [0, 0.1) is 34.5 Å². The number of ether oxygens (including phenoxy) is 1. The molecule has 0 radical (unpaired) electrons. The molecule has 0 saturated heterocycles. The number of hydrogen-bond acceptors (Lipinski definition) is 4. The van der Waals surface area contributed by atoms with Crippen LogP contribution in [-0.2, 0) is 5.41 Å². The fourth-order valence-corrected chi connectivity index (χ4v) is 10.9. The van der Waals surface area contributed by atoms with Gasteiger partial charge in [0.25, 0.3) is 0 Å². The molecule has 0 fully saturated rings. The van der Waals surface area contributed by atoms with Crippen LogP contribution in [0.1, 0.15) is 68.1 Å². The molecular formula is C57H47N3O. The molecule has 2 heterocycles. The highest BCUT2D eigenvalue weighted by Crippen LogP contribution is 2.60. The molecule has 0 bridgehead atoms. The van der Waals surface area contributed by atoms with Crippen molar-refractivity contribution >= 4 is 11.1 Å². The quantitative estimate of drug-likeness (QED) is 0.178. The zero-order valence-electron chi connectivity index (χ0n) is 35.0. The Morgan fingerprint density at radius 2 is 1.43 bits per heavy atom.